The molecule has 0 aliphatic carbocycles. The Hall–Kier alpha value is -1.79. The fraction of sp³-hybridized carbons (Fsp3) is 0.478. The van der Waals surface area contributed by atoms with Crippen molar-refractivity contribution < 1.29 is 23.7 Å². The van der Waals surface area contributed by atoms with Crippen LogP contribution in [0.3, 0.4) is 0 Å². The minimum atomic E-state index is -0.867. The lowest BCUT2D eigenvalue weighted by molar-refractivity contribution is -0.276. The molecule has 2 aromatic rings. The molecule has 2 aliphatic rings. The van der Waals surface area contributed by atoms with Gasteiger partial charge in [0.2, 0.25) is 0 Å². The summed E-state index contributed by atoms with van der Waals surface area (Å²) in [6.07, 6.45) is 4.73. The third-order valence-corrected chi connectivity index (χ3v) is 5.62. The first-order chi connectivity index (χ1) is 13.7. The van der Waals surface area contributed by atoms with Crippen LogP contribution in [0.5, 0.6) is 0 Å². The summed E-state index contributed by atoms with van der Waals surface area (Å²) >= 11 is 0. The van der Waals surface area contributed by atoms with Crippen molar-refractivity contribution in [3.05, 3.63) is 70.5 Å². The van der Waals surface area contributed by atoms with Crippen LogP contribution in [0.15, 0.2) is 42.5 Å². The van der Waals surface area contributed by atoms with Crippen LogP contribution in [0.4, 0.5) is 4.39 Å². The number of aliphatic hydroxyl groups excluding tert-OH is 1. The molecule has 0 amide bonds. The van der Waals surface area contributed by atoms with Gasteiger partial charge in [0.15, 0.2) is 5.79 Å². The topological polar surface area (TPSA) is 47.9 Å². The molecule has 1 spiro atoms. The maximum Gasteiger partial charge on any atom is 0.195 e. The van der Waals surface area contributed by atoms with E-state index in [1.165, 1.54) is 6.07 Å². The van der Waals surface area contributed by atoms with E-state index in [1.807, 2.05) is 30.3 Å². The van der Waals surface area contributed by atoms with Gasteiger partial charge in [0, 0.05) is 17.5 Å². The molecule has 5 heteroatoms. The average molecular weight is 386 g/mol. The van der Waals surface area contributed by atoms with Crippen LogP contribution in [0, 0.1) is 5.82 Å². The molecule has 0 bridgehead atoms. The highest BCUT2D eigenvalue weighted by Crippen LogP contribution is 2.44. The molecule has 1 saturated heterocycles. The van der Waals surface area contributed by atoms with Gasteiger partial charge in [-0.15, -0.1) is 0 Å². The minimum Gasteiger partial charge on any atom is -0.392 e. The number of ether oxygens (including phenoxy) is 3. The summed E-state index contributed by atoms with van der Waals surface area (Å²) in [5.74, 6) is -1.26. The van der Waals surface area contributed by atoms with Gasteiger partial charge in [0.25, 0.3) is 0 Å². The number of aliphatic hydroxyl groups is 1. The number of hydrogen-bond acceptors (Lipinski definition) is 4. The van der Waals surface area contributed by atoms with Gasteiger partial charge in [-0.05, 0) is 36.1 Å². The van der Waals surface area contributed by atoms with Crippen LogP contribution in [0.2, 0.25) is 0 Å². The summed E-state index contributed by atoms with van der Waals surface area (Å²) in [6.45, 7) is 1.03. The molecule has 150 valence electrons. The van der Waals surface area contributed by atoms with Crippen molar-refractivity contribution >= 4 is 0 Å². The monoisotopic (exact) mass is 386 g/mol. The Balaban J connectivity index is 1.50. The predicted octanol–water partition coefficient (Wildman–Crippen LogP) is 4.57. The molecular weight excluding hydrogens is 359 g/mol. The zero-order chi connectivity index (χ0) is 19.4. The smallest absolute Gasteiger partial charge is 0.195 e. The molecule has 1 unspecified atom stereocenters. The largest absolute Gasteiger partial charge is 0.392 e. The number of hydrogen-bond donors (Lipinski definition) is 1. The molecule has 2 heterocycles. The molecule has 1 fully saturated rings. The molecule has 1 N–H and O–H groups in total. The number of benzene rings is 2. The van der Waals surface area contributed by atoms with E-state index in [0.29, 0.717) is 19.8 Å². The first-order valence-electron chi connectivity index (χ1n) is 10.1. The first kappa shape index (κ1) is 19.5. The van der Waals surface area contributed by atoms with Crippen LogP contribution in [-0.2, 0) is 39.8 Å². The van der Waals surface area contributed by atoms with Gasteiger partial charge in [0.05, 0.1) is 32.5 Å². The highest BCUT2D eigenvalue weighted by atomic mass is 19.1. The van der Waals surface area contributed by atoms with Gasteiger partial charge in [0.1, 0.15) is 5.82 Å². The van der Waals surface area contributed by atoms with E-state index in [4.69, 9.17) is 14.2 Å². The van der Waals surface area contributed by atoms with Crippen molar-refractivity contribution in [1.29, 1.82) is 0 Å². The Morgan fingerprint density at radius 2 is 2.00 bits per heavy atom. The SMILES string of the molecule is OCc1cc2c(cc1F)CO[C@@]21CCCCCC(COCc2ccccc2)O1. The Morgan fingerprint density at radius 3 is 2.82 bits per heavy atom. The maximum atomic E-state index is 14.1. The van der Waals surface area contributed by atoms with Crippen molar-refractivity contribution in [3.63, 3.8) is 0 Å². The van der Waals surface area contributed by atoms with Crippen molar-refractivity contribution in [1.82, 2.24) is 0 Å². The Bertz CT molecular complexity index is 795. The normalized spacial score (nSPS) is 24.7. The molecular formula is C23H27FO4. The lowest BCUT2D eigenvalue weighted by Gasteiger charge is -2.36. The van der Waals surface area contributed by atoms with Crippen molar-refractivity contribution in [2.45, 2.75) is 63.8 Å². The Labute approximate surface area is 165 Å². The van der Waals surface area contributed by atoms with Crippen LogP contribution in [0.25, 0.3) is 0 Å². The van der Waals surface area contributed by atoms with Crippen LogP contribution in [-0.4, -0.2) is 17.8 Å². The average Bonchev–Trinajstić information content (AvgIpc) is 3.03. The van der Waals surface area contributed by atoms with E-state index in [2.05, 4.69) is 0 Å². The van der Waals surface area contributed by atoms with E-state index < -0.39 is 11.6 Å². The van der Waals surface area contributed by atoms with E-state index in [1.54, 1.807) is 6.07 Å². The minimum absolute atomic E-state index is 0.0856. The second-order valence-corrected chi connectivity index (χ2v) is 7.64. The molecule has 4 nitrogen and oxygen atoms in total. The summed E-state index contributed by atoms with van der Waals surface area (Å²) in [6, 6.07) is 13.3. The molecule has 0 radical (unpaired) electrons. The second kappa shape index (κ2) is 8.70. The lowest BCUT2D eigenvalue weighted by Crippen LogP contribution is -2.37. The number of fused-ring (bicyclic) bond motifs is 2. The molecule has 0 aromatic heterocycles. The number of halogens is 1. The Kier molecular flexibility index (Phi) is 6.07. The van der Waals surface area contributed by atoms with Gasteiger partial charge in [-0.25, -0.2) is 4.39 Å². The van der Waals surface area contributed by atoms with Gasteiger partial charge in [-0.2, -0.15) is 0 Å². The standard InChI is InChI=1S/C23H27FO4/c24-22-12-19-15-27-23(21(19)11-18(22)13-25)10-6-2-5-9-20(28-23)16-26-14-17-7-3-1-4-8-17/h1,3-4,7-8,11-12,20,25H,2,5-6,9-10,13-16H2/t20?,23-/m1/s1. The van der Waals surface area contributed by atoms with E-state index in [9.17, 15) is 9.50 Å². The maximum absolute atomic E-state index is 14.1. The summed E-state index contributed by atoms with van der Waals surface area (Å²) in [7, 11) is 0. The van der Waals surface area contributed by atoms with Gasteiger partial charge >= 0.3 is 0 Å². The zero-order valence-corrected chi connectivity index (χ0v) is 16.0. The second-order valence-electron chi connectivity index (χ2n) is 7.64. The highest BCUT2D eigenvalue weighted by Gasteiger charge is 2.44. The van der Waals surface area contributed by atoms with Crippen LogP contribution < -0.4 is 0 Å². The molecule has 28 heavy (non-hydrogen) atoms. The van der Waals surface area contributed by atoms with Crippen LogP contribution in [0.1, 0.15) is 54.4 Å². The molecule has 4 rings (SSSR count). The van der Waals surface area contributed by atoms with Gasteiger partial charge in [-0.3, -0.25) is 0 Å². The predicted molar refractivity (Wildman–Crippen MR) is 103 cm³/mol. The number of rotatable bonds is 5. The summed E-state index contributed by atoms with van der Waals surface area (Å²) in [5.41, 5.74) is 3.08. The highest BCUT2D eigenvalue weighted by molar-refractivity contribution is 5.38. The third-order valence-electron chi connectivity index (χ3n) is 5.62. The van der Waals surface area contributed by atoms with Gasteiger partial charge < -0.3 is 19.3 Å². The lowest BCUT2D eigenvalue weighted by atomic mass is 9.93. The Morgan fingerprint density at radius 1 is 1.14 bits per heavy atom. The van der Waals surface area contributed by atoms with E-state index in [0.717, 1.165) is 48.8 Å². The summed E-state index contributed by atoms with van der Waals surface area (Å²) in [5, 5.41) is 9.47. The molecule has 0 saturated carbocycles. The molecule has 2 atom stereocenters. The quantitative estimate of drug-likeness (QED) is 0.818. The van der Waals surface area contributed by atoms with Gasteiger partial charge in [-0.1, -0.05) is 43.2 Å². The summed E-state index contributed by atoms with van der Waals surface area (Å²) in [4.78, 5) is 0. The van der Waals surface area contributed by atoms with E-state index >= 15 is 0 Å². The van der Waals surface area contributed by atoms with Crippen molar-refractivity contribution in [2.24, 2.45) is 0 Å². The van der Waals surface area contributed by atoms with E-state index in [-0.39, 0.29) is 18.3 Å². The van der Waals surface area contributed by atoms with Crippen molar-refractivity contribution in [3.8, 4) is 0 Å². The fourth-order valence-electron chi connectivity index (χ4n) is 4.12. The summed E-state index contributed by atoms with van der Waals surface area (Å²) < 4.78 is 32.6. The molecule has 2 aromatic carbocycles. The van der Waals surface area contributed by atoms with Crippen LogP contribution >= 0.6 is 0 Å². The molecule has 2 aliphatic heterocycles. The zero-order valence-electron chi connectivity index (χ0n) is 16.0. The first-order valence-corrected chi connectivity index (χ1v) is 10.1. The third kappa shape index (κ3) is 4.13. The van der Waals surface area contributed by atoms with Crippen molar-refractivity contribution in [2.75, 3.05) is 6.61 Å². The fourth-order valence-corrected chi connectivity index (χ4v) is 4.12.